The Hall–Kier alpha value is -3.39. The first-order valence-electron chi connectivity index (χ1n) is 10.3. The summed E-state index contributed by atoms with van der Waals surface area (Å²) in [6.07, 6.45) is 0. The van der Waals surface area contributed by atoms with Gasteiger partial charge in [0, 0.05) is 30.8 Å². The van der Waals surface area contributed by atoms with Crippen molar-refractivity contribution in [1.82, 2.24) is 18.7 Å². The molecule has 1 aliphatic rings. The molecule has 32 heavy (non-hydrogen) atoms. The summed E-state index contributed by atoms with van der Waals surface area (Å²) >= 11 is 6.05. The number of imidazole rings is 1. The van der Waals surface area contributed by atoms with E-state index in [9.17, 15) is 14.0 Å². The van der Waals surface area contributed by atoms with Crippen LogP contribution in [0.15, 0.2) is 58.1 Å². The highest BCUT2D eigenvalue weighted by Gasteiger charge is 2.29. The van der Waals surface area contributed by atoms with Crippen LogP contribution in [0.25, 0.3) is 11.2 Å². The average molecular weight is 454 g/mol. The molecule has 9 heteroatoms. The number of aryl methyl sites for hydroxylation is 1. The van der Waals surface area contributed by atoms with Crippen LogP contribution in [0, 0.1) is 11.7 Å². The van der Waals surface area contributed by atoms with E-state index in [-0.39, 0.29) is 18.3 Å². The molecule has 5 rings (SSSR count). The molecule has 0 fully saturated rings. The largest absolute Gasteiger partial charge is 0.332 e. The molecular formula is C23H21ClFN5O2. The number of anilines is 2. The van der Waals surface area contributed by atoms with Crippen LogP contribution in [0.5, 0.6) is 0 Å². The fourth-order valence-electron chi connectivity index (χ4n) is 4.26. The Labute approximate surface area is 187 Å². The Morgan fingerprint density at radius 2 is 1.75 bits per heavy atom. The molecule has 2 aromatic heterocycles. The Bertz CT molecular complexity index is 1440. The van der Waals surface area contributed by atoms with Gasteiger partial charge in [0.2, 0.25) is 5.95 Å². The third-order valence-electron chi connectivity index (χ3n) is 5.83. The fraction of sp³-hybridized carbons (Fsp3) is 0.261. The second kappa shape index (κ2) is 7.63. The third-order valence-corrected chi connectivity index (χ3v) is 6.09. The zero-order valence-electron chi connectivity index (χ0n) is 17.6. The molecule has 0 unspecified atom stereocenters. The van der Waals surface area contributed by atoms with Crippen molar-refractivity contribution in [3.63, 3.8) is 0 Å². The Morgan fingerprint density at radius 3 is 2.44 bits per heavy atom. The number of halogens is 2. The van der Waals surface area contributed by atoms with Gasteiger partial charge >= 0.3 is 5.69 Å². The zero-order valence-corrected chi connectivity index (χ0v) is 18.4. The molecule has 0 saturated carbocycles. The van der Waals surface area contributed by atoms with Gasteiger partial charge in [-0.1, -0.05) is 30.7 Å². The molecule has 0 aliphatic carbocycles. The van der Waals surface area contributed by atoms with Crippen LogP contribution in [0.3, 0.4) is 0 Å². The van der Waals surface area contributed by atoms with Crippen molar-refractivity contribution in [2.45, 2.75) is 20.0 Å². The zero-order chi connectivity index (χ0) is 22.6. The van der Waals surface area contributed by atoms with E-state index in [2.05, 4.69) is 6.92 Å². The van der Waals surface area contributed by atoms with Crippen molar-refractivity contribution in [2.24, 2.45) is 13.0 Å². The van der Waals surface area contributed by atoms with Crippen molar-refractivity contribution in [3.05, 3.63) is 85.8 Å². The van der Waals surface area contributed by atoms with E-state index in [1.54, 1.807) is 19.2 Å². The van der Waals surface area contributed by atoms with Crippen LogP contribution in [-0.2, 0) is 20.1 Å². The Morgan fingerprint density at radius 1 is 1.06 bits per heavy atom. The summed E-state index contributed by atoms with van der Waals surface area (Å²) in [6.45, 7) is 3.50. The normalized spacial score (nSPS) is 15.9. The van der Waals surface area contributed by atoms with Crippen LogP contribution in [0.4, 0.5) is 16.0 Å². The number of benzene rings is 2. The number of fused-ring (bicyclic) bond motifs is 3. The summed E-state index contributed by atoms with van der Waals surface area (Å²) in [7, 11) is 1.61. The molecule has 2 aromatic carbocycles. The average Bonchev–Trinajstić information content (AvgIpc) is 3.16. The van der Waals surface area contributed by atoms with Gasteiger partial charge in [-0.05, 0) is 47.9 Å². The van der Waals surface area contributed by atoms with E-state index in [1.807, 2.05) is 33.7 Å². The standard InChI is InChI=1S/C23H21ClFN5O2/c1-14-11-28(18-9-5-16(24)6-10-18)22-26-20-19(29(22)12-14)21(31)30(23(32)27(20)2)13-15-3-7-17(25)8-4-15/h3-10,14H,11-13H2,1-2H3/t14-/m0/s1. The second-order valence-corrected chi connectivity index (χ2v) is 8.68. The van der Waals surface area contributed by atoms with E-state index >= 15 is 0 Å². The predicted octanol–water partition coefficient (Wildman–Crippen LogP) is 3.53. The third kappa shape index (κ3) is 3.31. The number of hydrogen-bond acceptors (Lipinski definition) is 4. The lowest BCUT2D eigenvalue weighted by Gasteiger charge is -2.33. The predicted molar refractivity (Wildman–Crippen MR) is 122 cm³/mol. The van der Waals surface area contributed by atoms with Gasteiger partial charge in [0.25, 0.3) is 5.56 Å². The van der Waals surface area contributed by atoms with Crippen LogP contribution >= 0.6 is 11.6 Å². The van der Waals surface area contributed by atoms with Crippen molar-refractivity contribution in [2.75, 3.05) is 11.4 Å². The fourth-order valence-corrected chi connectivity index (χ4v) is 4.38. The second-order valence-electron chi connectivity index (χ2n) is 8.25. The molecule has 0 N–H and O–H groups in total. The molecule has 0 radical (unpaired) electrons. The van der Waals surface area contributed by atoms with Crippen molar-refractivity contribution < 1.29 is 4.39 Å². The van der Waals surface area contributed by atoms with E-state index in [1.165, 1.54) is 21.3 Å². The smallest absolute Gasteiger partial charge is 0.312 e. The molecule has 0 amide bonds. The Balaban J connectivity index is 1.70. The molecule has 0 bridgehead atoms. The lowest BCUT2D eigenvalue weighted by Crippen LogP contribution is -2.40. The molecule has 3 heterocycles. The van der Waals surface area contributed by atoms with Gasteiger partial charge in [-0.15, -0.1) is 0 Å². The summed E-state index contributed by atoms with van der Waals surface area (Å²) < 4.78 is 17.7. The van der Waals surface area contributed by atoms with Gasteiger partial charge in [0.15, 0.2) is 11.2 Å². The Kier molecular flexibility index (Phi) is 4.89. The molecule has 7 nitrogen and oxygen atoms in total. The minimum absolute atomic E-state index is 0.0543. The van der Waals surface area contributed by atoms with Gasteiger partial charge in [-0.25, -0.2) is 9.18 Å². The summed E-state index contributed by atoms with van der Waals surface area (Å²) in [5.74, 6) is 0.496. The lowest BCUT2D eigenvalue weighted by atomic mass is 10.1. The van der Waals surface area contributed by atoms with E-state index < -0.39 is 11.2 Å². The van der Waals surface area contributed by atoms with E-state index in [0.29, 0.717) is 34.2 Å². The molecule has 1 aliphatic heterocycles. The maximum Gasteiger partial charge on any atom is 0.332 e. The van der Waals surface area contributed by atoms with Crippen LogP contribution in [0.2, 0.25) is 5.02 Å². The topological polar surface area (TPSA) is 65.1 Å². The van der Waals surface area contributed by atoms with Gasteiger partial charge < -0.3 is 9.47 Å². The highest BCUT2D eigenvalue weighted by molar-refractivity contribution is 6.30. The highest BCUT2D eigenvalue weighted by atomic mass is 35.5. The summed E-state index contributed by atoms with van der Waals surface area (Å²) in [5, 5.41) is 0.637. The molecule has 0 spiro atoms. The minimum atomic E-state index is -0.464. The molecule has 1 atom stereocenters. The van der Waals surface area contributed by atoms with Crippen molar-refractivity contribution in [1.29, 1.82) is 0 Å². The van der Waals surface area contributed by atoms with E-state index in [4.69, 9.17) is 16.6 Å². The lowest BCUT2D eigenvalue weighted by molar-refractivity contribution is 0.458. The molecular weight excluding hydrogens is 433 g/mol. The number of rotatable bonds is 3. The highest BCUT2D eigenvalue weighted by Crippen LogP contribution is 2.33. The number of aromatic nitrogens is 4. The van der Waals surface area contributed by atoms with Crippen molar-refractivity contribution >= 4 is 34.4 Å². The monoisotopic (exact) mass is 453 g/mol. The summed E-state index contributed by atoms with van der Waals surface area (Å²) in [5.41, 5.74) is 1.44. The van der Waals surface area contributed by atoms with Crippen LogP contribution in [-0.4, -0.2) is 25.2 Å². The van der Waals surface area contributed by atoms with Gasteiger partial charge in [-0.2, -0.15) is 4.98 Å². The first kappa shape index (κ1) is 20.5. The quantitative estimate of drug-likeness (QED) is 0.476. The number of nitrogens with zero attached hydrogens (tertiary/aromatic N) is 5. The molecule has 0 saturated heterocycles. The van der Waals surface area contributed by atoms with Crippen molar-refractivity contribution in [3.8, 4) is 0 Å². The summed E-state index contributed by atoms with van der Waals surface area (Å²) in [4.78, 5) is 33.2. The van der Waals surface area contributed by atoms with Gasteiger partial charge in [-0.3, -0.25) is 13.9 Å². The van der Waals surface area contributed by atoms with Gasteiger partial charge in [0.05, 0.1) is 6.54 Å². The van der Waals surface area contributed by atoms with Gasteiger partial charge in [0.1, 0.15) is 5.82 Å². The first-order valence-corrected chi connectivity index (χ1v) is 10.7. The first-order chi connectivity index (χ1) is 15.3. The summed E-state index contributed by atoms with van der Waals surface area (Å²) in [6, 6.07) is 13.2. The molecule has 4 aromatic rings. The maximum atomic E-state index is 13.5. The van der Waals surface area contributed by atoms with E-state index in [0.717, 1.165) is 12.2 Å². The minimum Gasteiger partial charge on any atom is -0.312 e. The molecule has 164 valence electrons. The van der Waals surface area contributed by atoms with Crippen LogP contribution in [0.1, 0.15) is 12.5 Å². The van der Waals surface area contributed by atoms with Crippen LogP contribution < -0.4 is 16.1 Å². The SMILES string of the molecule is C[C@H]1CN(c2ccc(Cl)cc2)c2nc3c(c(=O)n(Cc4ccc(F)cc4)c(=O)n3C)n2C1. The maximum absolute atomic E-state index is 13.5. The number of hydrogen-bond donors (Lipinski definition) is 0.